The highest BCUT2D eigenvalue weighted by Gasteiger charge is 2.29. The molecule has 0 amide bonds. The molecule has 0 fully saturated rings. The minimum atomic E-state index is -1.31. The number of hydrogen-bond donors (Lipinski definition) is 0. The van der Waals surface area contributed by atoms with Gasteiger partial charge in [-0.05, 0) is 17.9 Å². The van der Waals surface area contributed by atoms with Gasteiger partial charge in [0.1, 0.15) is 0 Å². The first-order chi connectivity index (χ1) is 11.0. The van der Waals surface area contributed by atoms with Crippen molar-refractivity contribution >= 4 is 16.8 Å². The third kappa shape index (κ3) is 4.51. The minimum absolute atomic E-state index is 0.0832. The van der Waals surface area contributed by atoms with Crippen LogP contribution >= 0.6 is 0 Å². The van der Waals surface area contributed by atoms with Gasteiger partial charge in [-0.3, -0.25) is 9.00 Å². The van der Waals surface area contributed by atoms with E-state index in [0.29, 0.717) is 11.6 Å². The Morgan fingerprint density at radius 3 is 2.61 bits per heavy atom. The summed E-state index contributed by atoms with van der Waals surface area (Å²) in [5.41, 5.74) is 1.09. The Kier molecular flexibility index (Phi) is 6.10. The lowest BCUT2D eigenvalue weighted by Crippen LogP contribution is -2.29. The van der Waals surface area contributed by atoms with Crippen molar-refractivity contribution in [2.75, 3.05) is 7.11 Å². The average Bonchev–Trinajstić information content (AvgIpc) is 2.98. The molecule has 2 rings (SSSR count). The van der Waals surface area contributed by atoms with E-state index in [0.717, 1.165) is 5.56 Å². The number of methoxy groups -OCH3 is 1. The number of aryl methyl sites for hydroxylation is 1. The molecule has 23 heavy (non-hydrogen) atoms. The second-order valence-corrected chi connectivity index (χ2v) is 7.17. The SMILES string of the molecule is COC(=O)C[C@H](C)[C@H](Cc1ccccc1)S(=O)c1nccn1C. The van der Waals surface area contributed by atoms with E-state index in [1.165, 1.54) is 7.11 Å². The maximum Gasteiger partial charge on any atom is 0.305 e. The molecule has 124 valence electrons. The van der Waals surface area contributed by atoms with Gasteiger partial charge in [0.15, 0.2) is 5.16 Å². The van der Waals surface area contributed by atoms with Crippen LogP contribution in [0.1, 0.15) is 18.9 Å². The Morgan fingerprint density at radius 1 is 1.35 bits per heavy atom. The van der Waals surface area contributed by atoms with Gasteiger partial charge in [-0.2, -0.15) is 0 Å². The van der Waals surface area contributed by atoms with Crippen LogP contribution in [0, 0.1) is 5.92 Å². The second kappa shape index (κ2) is 8.06. The maximum atomic E-state index is 13.0. The van der Waals surface area contributed by atoms with E-state index in [4.69, 9.17) is 4.74 Å². The number of esters is 1. The highest BCUT2D eigenvalue weighted by atomic mass is 32.2. The monoisotopic (exact) mass is 334 g/mol. The molecule has 0 aliphatic carbocycles. The van der Waals surface area contributed by atoms with Crippen LogP contribution in [0.5, 0.6) is 0 Å². The zero-order valence-electron chi connectivity index (χ0n) is 13.6. The Balaban J connectivity index is 2.25. The number of aromatic nitrogens is 2. The number of hydrogen-bond acceptors (Lipinski definition) is 4. The standard InChI is InChI=1S/C17H22N2O3S/c1-13(11-16(20)22-3)15(12-14-7-5-4-6-8-14)23(21)17-18-9-10-19(17)2/h4-10,13,15H,11-12H2,1-3H3/t13-,15-,23?/m0/s1. The quantitative estimate of drug-likeness (QED) is 0.729. The van der Waals surface area contributed by atoms with Crippen molar-refractivity contribution in [1.82, 2.24) is 9.55 Å². The van der Waals surface area contributed by atoms with Gasteiger partial charge in [-0.1, -0.05) is 37.3 Å². The number of benzene rings is 1. The van der Waals surface area contributed by atoms with Crippen LogP contribution in [0.15, 0.2) is 47.9 Å². The minimum Gasteiger partial charge on any atom is -0.469 e. The molecule has 0 bridgehead atoms. The summed E-state index contributed by atoms with van der Waals surface area (Å²) >= 11 is 0. The smallest absolute Gasteiger partial charge is 0.305 e. The molecular weight excluding hydrogens is 312 g/mol. The number of imidazole rings is 1. The molecule has 0 aliphatic rings. The van der Waals surface area contributed by atoms with Crippen molar-refractivity contribution < 1.29 is 13.7 Å². The summed E-state index contributed by atoms with van der Waals surface area (Å²) in [5.74, 6) is -0.368. The van der Waals surface area contributed by atoms with E-state index in [1.807, 2.05) is 44.3 Å². The van der Waals surface area contributed by atoms with E-state index in [2.05, 4.69) is 4.98 Å². The third-order valence-electron chi connectivity index (χ3n) is 3.86. The summed E-state index contributed by atoms with van der Waals surface area (Å²) in [6.07, 6.45) is 4.28. The summed E-state index contributed by atoms with van der Waals surface area (Å²) in [5, 5.41) is 0.320. The predicted molar refractivity (Wildman–Crippen MR) is 89.3 cm³/mol. The van der Waals surface area contributed by atoms with Gasteiger partial charge in [0, 0.05) is 31.1 Å². The molecule has 1 aromatic carbocycles. The fourth-order valence-corrected chi connectivity index (χ4v) is 4.14. The summed E-state index contributed by atoms with van der Waals surface area (Å²) < 4.78 is 19.5. The van der Waals surface area contributed by atoms with Crippen molar-refractivity contribution in [3.63, 3.8) is 0 Å². The van der Waals surface area contributed by atoms with E-state index in [9.17, 15) is 9.00 Å². The zero-order chi connectivity index (χ0) is 16.8. The number of carbonyl (C=O) groups excluding carboxylic acids is 1. The summed E-state index contributed by atoms with van der Waals surface area (Å²) in [6, 6.07) is 9.88. The predicted octanol–water partition coefficient (Wildman–Crippen LogP) is 2.34. The topological polar surface area (TPSA) is 61.2 Å². The van der Waals surface area contributed by atoms with E-state index in [1.54, 1.807) is 17.0 Å². The van der Waals surface area contributed by atoms with E-state index >= 15 is 0 Å². The van der Waals surface area contributed by atoms with Crippen LogP contribution in [0.2, 0.25) is 0 Å². The lowest BCUT2D eigenvalue weighted by molar-refractivity contribution is -0.141. The van der Waals surface area contributed by atoms with E-state index < -0.39 is 10.8 Å². The van der Waals surface area contributed by atoms with Crippen LogP contribution in [-0.2, 0) is 33.8 Å². The summed E-state index contributed by atoms with van der Waals surface area (Å²) in [7, 11) is 1.89. The molecule has 0 N–H and O–H groups in total. The summed E-state index contributed by atoms with van der Waals surface area (Å²) in [4.78, 5) is 15.8. The largest absolute Gasteiger partial charge is 0.469 e. The maximum absolute atomic E-state index is 13.0. The first-order valence-electron chi connectivity index (χ1n) is 7.51. The molecule has 2 aromatic rings. The van der Waals surface area contributed by atoms with Gasteiger partial charge in [0.05, 0.1) is 17.9 Å². The van der Waals surface area contributed by atoms with Crippen LogP contribution < -0.4 is 0 Å². The van der Waals surface area contributed by atoms with Crippen LogP contribution in [0.4, 0.5) is 0 Å². The molecule has 0 radical (unpaired) electrons. The number of carbonyl (C=O) groups is 1. The Bertz CT molecular complexity index is 669. The Hall–Kier alpha value is -1.95. The molecule has 0 saturated heterocycles. The number of ether oxygens (including phenoxy) is 1. The van der Waals surface area contributed by atoms with Crippen molar-refractivity contribution in [1.29, 1.82) is 0 Å². The first kappa shape index (κ1) is 17.4. The normalized spacial score (nSPS) is 14.9. The number of nitrogens with zero attached hydrogens (tertiary/aromatic N) is 2. The summed E-state index contributed by atoms with van der Waals surface area (Å²) in [6.45, 7) is 1.94. The van der Waals surface area contributed by atoms with Crippen LogP contribution in [0.25, 0.3) is 0 Å². The zero-order valence-corrected chi connectivity index (χ0v) is 14.5. The lowest BCUT2D eigenvalue weighted by atomic mass is 9.97. The molecule has 3 atom stereocenters. The second-order valence-electron chi connectivity index (χ2n) is 5.60. The van der Waals surface area contributed by atoms with Gasteiger partial charge >= 0.3 is 5.97 Å². The fourth-order valence-electron chi connectivity index (χ4n) is 2.49. The molecule has 5 nitrogen and oxygen atoms in total. The van der Waals surface area contributed by atoms with Gasteiger partial charge in [0.2, 0.25) is 0 Å². The molecule has 1 aromatic heterocycles. The number of rotatable bonds is 7. The van der Waals surface area contributed by atoms with Gasteiger partial charge < -0.3 is 9.30 Å². The lowest BCUT2D eigenvalue weighted by Gasteiger charge is -2.22. The molecule has 0 saturated carbocycles. The molecule has 0 spiro atoms. The molecule has 0 aliphatic heterocycles. The van der Waals surface area contributed by atoms with Gasteiger partial charge in [0.25, 0.3) is 0 Å². The molecular formula is C17H22N2O3S. The first-order valence-corrected chi connectivity index (χ1v) is 8.73. The molecule has 1 heterocycles. The molecule has 6 heteroatoms. The van der Waals surface area contributed by atoms with Crippen molar-refractivity contribution in [3.8, 4) is 0 Å². The van der Waals surface area contributed by atoms with Crippen molar-refractivity contribution in [3.05, 3.63) is 48.3 Å². The van der Waals surface area contributed by atoms with Crippen LogP contribution in [0.3, 0.4) is 0 Å². The van der Waals surface area contributed by atoms with Crippen molar-refractivity contribution in [2.24, 2.45) is 13.0 Å². The Labute approximate surface area is 139 Å². The van der Waals surface area contributed by atoms with Crippen molar-refractivity contribution in [2.45, 2.75) is 30.2 Å². The highest BCUT2D eigenvalue weighted by molar-refractivity contribution is 7.85. The van der Waals surface area contributed by atoms with Crippen LogP contribution in [-0.4, -0.2) is 32.1 Å². The molecule has 1 unspecified atom stereocenters. The van der Waals surface area contributed by atoms with Gasteiger partial charge in [-0.15, -0.1) is 0 Å². The third-order valence-corrected chi connectivity index (χ3v) is 5.80. The average molecular weight is 334 g/mol. The van der Waals surface area contributed by atoms with E-state index in [-0.39, 0.29) is 23.6 Å². The highest BCUT2D eigenvalue weighted by Crippen LogP contribution is 2.23. The fraction of sp³-hybridized carbons (Fsp3) is 0.412. The Morgan fingerprint density at radius 2 is 2.04 bits per heavy atom. The van der Waals surface area contributed by atoms with Gasteiger partial charge in [-0.25, -0.2) is 4.98 Å².